The van der Waals surface area contributed by atoms with Crippen LogP contribution in [-0.4, -0.2) is 23.8 Å². The van der Waals surface area contributed by atoms with Crippen molar-refractivity contribution >= 4 is 29.3 Å². The Labute approximate surface area is 98.8 Å². The van der Waals surface area contributed by atoms with Gasteiger partial charge in [-0.1, -0.05) is 18.2 Å². The maximum atomic E-state index is 12.0. The quantitative estimate of drug-likeness (QED) is 0.751. The summed E-state index contributed by atoms with van der Waals surface area (Å²) in [5, 5.41) is 0. The first-order chi connectivity index (χ1) is 7.74. The Kier molecular flexibility index (Phi) is 3.29. The number of hydrogen-bond donors (Lipinski definition) is 0. The summed E-state index contributed by atoms with van der Waals surface area (Å²) in [6, 6.07) is 9.11. The zero-order valence-electron chi connectivity index (χ0n) is 9.05. The molecule has 1 heterocycles. The summed E-state index contributed by atoms with van der Waals surface area (Å²) >= 11 is 1.60. The van der Waals surface area contributed by atoms with E-state index in [0.717, 1.165) is 0 Å². The number of benzene rings is 1. The SMILES string of the molecule is CSCC1CC(=O)N(c2ccccc2)C1=O. The van der Waals surface area contributed by atoms with Gasteiger partial charge in [-0.25, -0.2) is 0 Å². The monoisotopic (exact) mass is 235 g/mol. The lowest BCUT2D eigenvalue weighted by molar-refractivity contribution is -0.122. The molecular formula is C12H13NO2S. The Bertz CT molecular complexity index is 405. The van der Waals surface area contributed by atoms with Crippen LogP contribution in [0.2, 0.25) is 0 Å². The highest BCUT2D eigenvalue weighted by molar-refractivity contribution is 7.98. The molecule has 0 aromatic heterocycles. The van der Waals surface area contributed by atoms with Gasteiger partial charge in [-0.05, 0) is 18.4 Å². The first-order valence-corrected chi connectivity index (χ1v) is 6.54. The van der Waals surface area contributed by atoms with E-state index in [1.807, 2.05) is 24.5 Å². The van der Waals surface area contributed by atoms with Gasteiger partial charge in [0, 0.05) is 12.2 Å². The molecule has 16 heavy (non-hydrogen) atoms. The number of rotatable bonds is 3. The van der Waals surface area contributed by atoms with Crippen molar-refractivity contribution in [3.8, 4) is 0 Å². The van der Waals surface area contributed by atoms with Crippen LogP contribution >= 0.6 is 11.8 Å². The first-order valence-electron chi connectivity index (χ1n) is 5.15. The molecule has 1 aliphatic rings. The summed E-state index contributed by atoms with van der Waals surface area (Å²) in [4.78, 5) is 25.1. The summed E-state index contributed by atoms with van der Waals surface area (Å²) in [6.45, 7) is 0. The zero-order valence-corrected chi connectivity index (χ0v) is 9.87. The second-order valence-electron chi connectivity index (χ2n) is 3.76. The van der Waals surface area contributed by atoms with E-state index in [1.165, 1.54) is 4.90 Å². The molecule has 3 nitrogen and oxygen atoms in total. The van der Waals surface area contributed by atoms with Gasteiger partial charge < -0.3 is 0 Å². The topological polar surface area (TPSA) is 37.4 Å². The highest BCUT2D eigenvalue weighted by Crippen LogP contribution is 2.27. The molecule has 4 heteroatoms. The van der Waals surface area contributed by atoms with Crippen molar-refractivity contribution in [1.82, 2.24) is 0 Å². The van der Waals surface area contributed by atoms with Gasteiger partial charge in [-0.3, -0.25) is 14.5 Å². The van der Waals surface area contributed by atoms with E-state index < -0.39 is 0 Å². The molecule has 1 fully saturated rings. The highest BCUT2D eigenvalue weighted by Gasteiger charge is 2.38. The predicted molar refractivity (Wildman–Crippen MR) is 65.4 cm³/mol. The largest absolute Gasteiger partial charge is 0.274 e. The van der Waals surface area contributed by atoms with Crippen LogP contribution in [0, 0.1) is 5.92 Å². The van der Waals surface area contributed by atoms with Crippen molar-refractivity contribution in [3.05, 3.63) is 30.3 Å². The van der Waals surface area contributed by atoms with Crippen molar-refractivity contribution in [2.75, 3.05) is 16.9 Å². The van der Waals surface area contributed by atoms with Crippen LogP contribution in [-0.2, 0) is 9.59 Å². The lowest BCUT2D eigenvalue weighted by atomic mass is 10.1. The van der Waals surface area contributed by atoms with Crippen molar-refractivity contribution in [2.24, 2.45) is 5.92 Å². The third-order valence-corrected chi connectivity index (χ3v) is 3.36. The van der Waals surface area contributed by atoms with E-state index >= 15 is 0 Å². The fraction of sp³-hybridized carbons (Fsp3) is 0.333. The van der Waals surface area contributed by atoms with E-state index in [2.05, 4.69) is 0 Å². The van der Waals surface area contributed by atoms with Crippen LogP contribution in [0.3, 0.4) is 0 Å². The maximum absolute atomic E-state index is 12.0. The molecule has 84 valence electrons. The number of hydrogen-bond acceptors (Lipinski definition) is 3. The smallest absolute Gasteiger partial charge is 0.238 e. The fourth-order valence-corrected chi connectivity index (χ4v) is 2.54. The average Bonchev–Trinajstić information content (AvgIpc) is 2.56. The Morgan fingerprint density at radius 1 is 1.31 bits per heavy atom. The lowest BCUT2D eigenvalue weighted by Gasteiger charge is -2.14. The second kappa shape index (κ2) is 4.70. The lowest BCUT2D eigenvalue weighted by Crippen LogP contribution is -2.30. The molecule has 1 unspecified atom stereocenters. The van der Waals surface area contributed by atoms with Crippen LogP contribution in [0.1, 0.15) is 6.42 Å². The van der Waals surface area contributed by atoms with Crippen LogP contribution in [0.5, 0.6) is 0 Å². The maximum Gasteiger partial charge on any atom is 0.238 e. The molecule has 1 aromatic carbocycles. The number of carbonyl (C=O) groups excluding carboxylic acids is 2. The third kappa shape index (κ3) is 1.97. The van der Waals surface area contributed by atoms with E-state index in [-0.39, 0.29) is 17.7 Å². The molecule has 0 N–H and O–H groups in total. The normalized spacial score (nSPS) is 20.6. The van der Waals surface area contributed by atoms with Crippen molar-refractivity contribution in [1.29, 1.82) is 0 Å². The van der Waals surface area contributed by atoms with Crippen LogP contribution in [0.4, 0.5) is 5.69 Å². The molecule has 1 aliphatic heterocycles. The van der Waals surface area contributed by atoms with Gasteiger partial charge in [0.1, 0.15) is 0 Å². The van der Waals surface area contributed by atoms with Gasteiger partial charge in [0.25, 0.3) is 0 Å². The van der Waals surface area contributed by atoms with E-state index in [1.54, 1.807) is 23.9 Å². The van der Waals surface area contributed by atoms with Gasteiger partial charge >= 0.3 is 0 Å². The van der Waals surface area contributed by atoms with Crippen LogP contribution < -0.4 is 4.90 Å². The van der Waals surface area contributed by atoms with Crippen molar-refractivity contribution in [2.45, 2.75) is 6.42 Å². The molecule has 0 saturated carbocycles. The summed E-state index contributed by atoms with van der Waals surface area (Å²) in [7, 11) is 0. The molecule has 0 radical (unpaired) electrons. The van der Waals surface area contributed by atoms with E-state index in [0.29, 0.717) is 17.9 Å². The van der Waals surface area contributed by atoms with Gasteiger partial charge in [0.05, 0.1) is 11.6 Å². The average molecular weight is 235 g/mol. The number of para-hydroxylation sites is 1. The highest BCUT2D eigenvalue weighted by atomic mass is 32.2. The molecule has 0 spiro atoms. The standard InChI is InChI=1S/C12H13NO2S/c1-16-8-9-7-11(14)13(12(9)15)10-5-3-2-4-6-10/h2-6,9H,7-8H2,1H3. The molecular weight excluding hydrogens is 222 g/mol. The first kappa shape index (κ1) is 11.2. The van der Waals surface area contributed by atoms with Crippen LogP contribution in [0.25, 0.3) is 0 Å². The van der Waals surface area contributed by atoms with Gasteiger partial charge in [-0.15, -0.1) is 0 Å². The summed E-state index contributed by atoms with van der Waals surface area (Å²) in [5.41, 5.74) is 0.682. The minimum atomic E-state index is -0.150. The predicted octanol–water partition coefficient (Wildman–Crippen LogP) is 1.93. The Balaban J connectivity index is 2.23. The third-order valence-electron chi connectivity index (χ3n) is 2.62. The molecule has 2 rings (SSSR count). The summed E-state index contributed by atoms with van der Waals surface area (Å²) in [6.07, 6.45) is 2.29. The summed E-state index contributed by atoms with van der Waals surface area (Å²) < 4.78 is 0. The van der Waals surface area contributed by atoms with Crippen molar-refractivity contribution < 1.29 is 9.59 Å². The Morgan fingerprint density at radius 2 is 2.00 bits per heavy atom. The number of imide groups is 1. The minimum Gasteiger partial charge on any atom is -0.274 e. The number of nitrogens with zero attached hydrogens (tertiary/aromatic N) is 1. The fourth-order valence-electron chi connectivity index (χ4n) is 1.87. The Morgan fingerprint density at radius 3 is 2.62 bits per heavy atom. The molecule has 0 bridgehead atoms. The molecule has 1 saturated heterocycles. The minimum absolute atomic E-state index is 0.0643. The number of carbonyl (C=O) groups is 2. The van der Waals surface area contributed by atoms with Crippen molar-refractivity contribution in [3.63, 3.8) is 0 Å². The number of anilines is 1. The second-order valence-corrected chi connectivity index (χ2v) is 4.67. The van der Waals surface area contributed by atoms with E-state index in [4.69, 9.17) is 0 Å². The molecule has 0 aliphatic carbocycles. The molecule has 1 atom stereocenters. The molecule has 2 amide bonds. The zero-order chi connectivity index (χ0) is 11.5. The van der Waals surface area contributed by atoms with Gasteiger partial charge in [0.15, 0.2) is 0 Å². The molecule has 1 aromatic rings. The van der Waals surface area contributed by atoms with E-state index in [9.17, 15) is 9.59 Å². The number of thioether (sulfide) groups is 1. The number of amides is 2. The van der Waals surface area contributed by atoms with Crippen LogP contribution in [0.15, 0.2) is 30.3 Å². The Hall–Kier alpha value is -1.29. The van der Waals surface area contributed by atoms with Gasteiger partial charge in [-0.2, -0.15) is 11.8 Å². The summed E-state index contributed by atoms with van der Waals surface area (Å²) in [5.74, 6) is 0.414. The van der Waals surface area contributed by atoms with Gasteiger partial charge in [0.2, 0.25) is 11.8 Å².